The van der Waals surface area contributed by atoms with Crippen LogP contribution in [0.4, 0.5) is 0 Å². The van der Waals surface area contributed by atoms with Crippen molar-refractivity contribution in [1.82, 2.24) is 10.2 Å². The summed E-state index contributed by atoms with van der Waals surface area (Å²) >= 11 is 1.71. The maximum absolute atomic E-state index is 12.6. The predicted octanol–water partition coefficient (Wildman–Crippen LogP) is 2.32. The summed E-state index contributed by atoms with van der Waals surface area (Å²) in [4.78, 5) is 28.5. The molecule has 20 heavy (non-hydrogen) atoms. The van der Waals surface area contributed by atoms with Crippen molar-refractivity contribution in [2.24, 2.45) is 5.92 Å². The number of rotatable bonds is 4. The first-order valence-corrected chi connectivity index (χ1v) is 7.91. The Kier molecular flexibility index (Phi) is 4.81. The van der Waals surface area contributed by atoms with E-state index in [0.29, 0.717) is 31.8 Å². The lowest BCUT2D eigenvalue weighted by molar-refractivity contribution is -0.134. The summed E-state index contributed by atoms with van der Waals surface area (Å²) in [6, 6.07) is 3.76. The van der Waals surface area contributed by atoms with Crippen molar-refractivity contribution >= 4 is 23.2 Å². The van der Waals surface area contributed by atoms with Crippen LogP contribution in [0.5, 0.6) is 0 Å². The number of thiophene rings is 1. The Balaban J connectivity index is 2.10. The smallest absolute Gasteiger partial charge is 0.245 e. The highest BCUT2D eigenvalue weighted by Crippen LogP contribution is 2.19. The van der Waals surface area contributed by atoms with Crippen molar-refractivity contribution in [1.29, 1.82) is 0 Å². The molecule has 1 N–H and O–H groups in total. The maximum Gasteiger partial charge on any atom is 0.245 e. The van der Waals surface area contributed by atoms with Crippen LogP contribution in [0.15, 0.2) is 12.1 Å². The predicted molar refractivity (Wildman–Crippen MR) is 80.5 cm³/mol. The van der Waals surface area contributed by atoms with Crippen LogP contribution in [-0.4, -0.2) is 29.3 Å². The van der Waals surface area contributed by atoms with Gasteiger partial charge in [-0.25, -0.2) is 0 Å². The minimum absolute atomic E-state index is 0.0196. The van der Waals surface area contributed by atoms with E-state index in [9.17, 15) is 9.59 Å². The van der Waals surface area contributed by atoms with Crippen molar-refractivity contribution in [2.75, 3.05) is 6.54 Å². The first-order chi connectivity index (χ1) is 9.45. The molecular formula is C15H22N2O2S. The van der Waals surface area contributed by atoms with Gasteiger partial charge < -0.3 is 10.2 Å². The summed E-state index contributed by atoms with van der Waals surface area (Å²) < 4.78 is 0. The molecule has 1 aliphatic heterocycles. The molecule has 0 spiro atoms. The molecule has 1 unspecified atom stereocenters. The minimum Gasteiger partial charge on any atom is -0.344 e. The van der Waals surface area contributed by atoms with Crippen molar-refractivity contribution in [3.8, 4) is 0 Å². The fraction of sp³-hybridized carbons (Fsp3) is 0.600. The second kappa shape index (κ2) is 6.39. The van der Waals surface area contributed by atoms with Crippen LogP contribution in [0.1, 0.15) is 36.4 Å². The summed E-state index contributed by atoms with van der Waals surface area (Å²) in [5.41, 5.74) is 0. The monoisotopic (exact) mass is 294 g/mol. The molecule has 5 heteroatoms. The molecule has 1 aromatic heterocycles. The zero-order chi connectivity index (χ0) is 14.7. The summed E-state index contributed by atoms with van der Waals surface area (Å²) in [6.07, 6.45) is 1.09. The van der Waals surface area contributed by atoms with Crippen molar-refractivity contribution in [3.05, 3.63) is 21.9 Å². The van der Waals surface area contributed by atoms with E-state index in [2.05, 4.69) is 38.2 Å². The molecule has 0 aromatic carbocycles. The Labute approximate surface area is 124 Å². The number of amides is 2. The Morgan fingerprint density at radius 2 is 2.15 bits per heavy atom. The third kappa shape index (κ3) is 3.82. The molecule has 4 nitrogen and oxygen atoms in total. The number of hydrogen-bond acceptors (Lipinski definition) is 3. The van der Waals surface area contributed by atoms with Gasteiger partial charge in [-0.3, -0.25) is 9.59 Å². The molecule has 1 saturated heterocycles. The third-order valence-electron chi connectivity index (χ3n) is 3.40. The topological polar surface area (TPSA) is 49.4 Å². The van der Waals surface area contributed by atoms with Gasteiger partial charge in [0.1, 0.15) is 6.04 Å². The van der Waals surface area contributed by atoms with Gasteiger partial charge >= 0.3 is 0 Å². The van der Waals surface area contributed by atoms with Gasteiger partial charge in [0, 0.05) is 22.7 Å². The van der Waals surface area contributed by atoms with Gasteiger partial charge in [0.25, 0.3) is 0 Å². The first-order valence-electron chi connectivity index (χ1n) is 7.09. The van der Waals surface area contributed by atoms with Crippen LogP contribution in [0.3, 0.4) is 0 Å². The van der Waals surface area contributed by atoms with E-state index in [1.165, 1.54) is 9.75 Å². The quantitative estimate of drug-likeness (QED) is 0.926. The van der Waals surface area contributed by atoms with Gasteiger partial charge in [-0.2, -0.15) is 0 Å². The molecule has 0 aliphatic carbocycles. The Bertz CT molecular complexity index is 496. The molecule has 1 aromatic rings. The molecule has 2 amide bonds. The number of hydrogen-bond donors (Lipinski definition) is 1. The summed E-state index contributed by atoms with van der Waals surface area (Å²) in [5.74, 6) is 0.414. The highest BCUT2D eigenvalue weighted by atomic mass is 32.1. The number of aryl methyl sites for hydroxylation is 1. The molecule has 1 atom stereocenters. The molecule has 1 fully saturated rings. The van der Waals surface area contributed by atoms with Gasteiger partial charge in [-0.1, -0.05) is 13.8 Å². The summed E-state index contributed by atoms with van der Waals surface area (Å²) in [7, 11) is 0. The van der Waals surface area contributed by atoms with Gasteiger partial charge in [0.2, 0.25) is 11.8 Å². The second-order valence-electron chi connectivity index (χ2n) is 5.77. The zero-order valence-corrected chi connectivity index (χ0v) is 13.1. The van der Waals surface area contributed by atoms with Crippen LogP contribution in [0, 0.1) is 12.8 Å². The average Bonchev–Trinajstić information content (AvgIpc) is 2.72. The highest BCUT2D eigenvalue weighted by Gasteiger charge is 2.30. The number of carbonyl (C=O) groups excluding carboxylic acids is 2. The van der Waals surface area contributed by atoms with E-state index in [4.69, 9.17) is 0 Å². The fourth-order valence-electron chi connectivity index (χ4n) is 2.44. The largest absolute Gasteiger partial charge is 0.344 e. The Hall–Kier alpha value is -1.36. The Morgan fingerprint density at radius 1 is 1.40 bits per heavy atom. The molecule has 0 saturated carbocycles. The van der Waals surface area contributed by atoms with Crippen LogP contribution in [-0.2, 0) is 16.1 Å². The fourth-order valence-corrected chi connectivity index (χ4v) is 3.35. The maximum atomic E-state index is 12.6. The van der Waals surface area contributed by atoms with Crippen molar-refractivity contribution in [3.63, 3.8) is 0 Å². The zero-order valence-electron chi connectivity index (χ0n) is 12.3. The van der Waals surface area contributed by atoms with Crippen molar-refractivity contribution in [2.45, 2.75) is 46.2 Å². The summed E-state index contributed by atoms with van der Waals surface area (Å²) in [5, 5.41) is 2.85. The minimum atomic E-state index is -0.369. The Morgan fingerprint density at radius 3 is 2.75 bits per heavy atom. The number of nitrogens with one attached hydrogen (secondary N) is 1. The van der Waals surface area contributed by atoms with Crippen LogP contribution < -0.4 is 5.32 Å². The summed E-state index contributed by atoms with van der Waals surface area (Å²) in [6.45, 7) is 7.32. The van der Waals surface area contributed by atoms with Gasteiger partial charge in [0.15, 0.2) is 0 Å². The number of carbonyl (C=O) groups is 2. The first kappa shape index (κ1) is 15.0. The lowest BCUT2D eigenvalue weighted by atomic mass is 10.0. The van der Waals surface area contributed by atoms with Crippen LogP contribution in [0.2, 0.25) is 0 Å². The van der Waals surface area contributed by atoms with Crippen molar-refractivity contribution < 1.29 is 9.59 Å². The SMILES string of the molecule is Cc1ccc(CN2CCC(=O)NC(CC(C)C)C2=O)s1. The van der Waals surface area contributed by atoms with Gasteiger partial charge in [0.05, 0.1) is 6.54 Å². The van der Waals surface area contributed by atoms with Gasteiger partial charge in [-0.15, -0.1) is 11.3 Å². The molecule has 0 radical (unpaired) electrons. The highest BCUT2D eigenvalue weighted by molar-refractivity contribution is 7.11. The van der Waals surface area contributed by atoms with E-state index >= 15 is 0 Å². The molecule has 0 bridgehead atoms. The van der Waals surface area contributed by atoms with E-state index in [0.717, 1.165) is 0 Å². The van der Waals surface area contributed by atoms with Crippen LogP contribution in [0.25, 0.3) is 0 Å². The lowest BCUT2D eigenvalue weighted by Crippen LogP contribution is -2.45. The third-order valence-corrected chi connectivity index (χ3v) is 4.39. The number of nitrogens with zero attached hydrogens (tertiary/aromatic N) is 1. The molecule has 1 aliphatic rings. The second-order valence-corrected chi connectivity index (χ2v) is 7.14. The van der Waals surface area contributed by atoms with E-state index in [1.54, 1.807) is 11.3 Å². The molecule has 110 valence electrons. The lowest BCUT2D eigenvalue weighted by Gasteiger charge is -2.24. The molecular weight excluding hydrogens is 272 g/mol. The average molecular weight is 294 g/mol. The van der Waals surface area contributed by atoms with E-state index < -0.39 is 0 Å². The normalized spacial score (nSPS) is 20.2. The molecule has 2 rings (SSSR count). The van der Waals surface area contributed by atoms with Crippen LogP contribution >= 0.6 is 11.3 Å². The van der Waals surface area contributed by atoms with E-state index in [1.807, 2.05) is 4.90 Å². The standard InChI is InChI=1S/C15H22N2O2S/c1-10(2)8-13-15(19)17(7-6-14(18)16-13)9-12-5-4-11(3)20-12/h4-5,10,13H,6-9H2,1-3H3,(H,16,18). The molecule has 2 heterocycles. The van der Waals surface area contributed by atoms with E-state index in [-0.39, 0.29) is 17.9 Å². The van der Waals surface area contributed by atoms with Gasteiger partial charge in [-0.05, 0) is 31.4 Å².